The number of nitrogens with two attached hydrogens (primary N) is 3. The van der Waals surface area contributed by atoms with Crippen molar-refractivity contribution in [1.29, 1.82) is 0 Å². The fourth-order valence-corrected chi connectivity index (χ4v) is 14.2. The van der Waals surface area contributed by atoms with E-state index in [0.717, 1.165) is 29.5 Å². The molecule has 0 aromatic heterocycles. The lowest BCUT2D eigenvalue weighted by molar-refractivity contribution is -0.148. The van der Waals surface area contributed by atoms with Gasteiger partial charge >= 0.3 is 5.97 Å². The molecule has 0 spiro atoms. The van der Waals surface area contributed by atoms with Gasteiger partial charge < -0.3 is 72.9 Å². The Morgan fingerprint density at radius 1 is 0.734 bits per heavy atom. The molecule has 4 heterocycles. The molecule has 0 unspecified atom stereocenters. The molecule has 2 aromatic rings. The Kier molecular flexibility index (Phi) is 31.6. The van der Waals surface area contributed by atoms with E-state index in [2.05, 4.69) is 32.2 Å². The molecule has 94 heavy (non-hydrogen) atoms. The summed E-state index contributed by atoms with van der Waals surface area (Å²) in [4.78, 5) is 173. The van der Waals surface area contributed by atoms with E-state index in [1.807, 2.05) is 19.1 Å². The molecule has 29 heteroatoms. The van der Waals surface area contributed by atoms with Crippen LogP contribution in [0, 0.1) is 11.8 Å². The first kappa shape index (κ1) is 76.0. The average molecular weight is 1350 g/mol. The van der Waals surface area contributed by atoms with Gasteiger partial charge in [0.05, 0.1) is 50.2 Å². The lowest BCUT2D eigenvalue weighted by atomic mass is 9.94. The van der Waals surface area contributed by atoms with E-state index in [0.29, 0.717) is 89.5 Å². The normalized spacial score (nSPS) is 23.4. The Balaban J connectivity index is 1.38. The number of carbonyl (C=O) groups is 12. The zero-order chi connectivity index (χ0) is 68.3. The van der Waals surface area contributed by atoms with Crippen molar-refractivity contribution in [3.05, 3.63) is 70.8 Å². The number of ether oxygens (including phenoxy) is 2. The zero-order valence-electron chi connectivity index (χ0n) is 54.0. The van der Waals surface area contributed by atoms with Crippen LogP contribution >= 0.6 is 23.5 Å². The molecule has 2 aromatic carbocycles. The van der Waals surface area contributed by atoms with Crippen molar-refractivity contribution in [3.8, 4) is 0 Å². The number of benzene rings is 2. The van der Waals surface area contributed by atoms with Crippen LogP contribution in [-0.4, -0.2) is 227 Å². The number of ketones is 2. The second-order valence-corrected chi connectivity index (χ2v) is 26.6. The van der Waals surface area contributed by atoms with Crippen molar-refractivity contribution < 1.29 is 77.2 Å². The summed E-state index contributed by atoms with van der Waals surface area (Å²) >= 11 is 2.72. The first-order chi connectivity index (χ1) is 45.0. The van der Waals surface area contributed by atoms with E-state index in [4.69, 9.17) is 26.7 Å². The van der Waals surface area contributed by atoms with Gasteiger partial charge in [-0.15, -0.1) is 0 Å². The predicted octanol–water partition coefficient (Wildman–Crippen LogP) is 0.304. The molecule has 12 N–H and O–H groups in total. The molecule has 4 aliphatic heterocycles. The van der Waals surface area contributed by atoms with Crippen LogP contribution in [0.3, 0.4) is 0 Å². The minimum absolute atomic E-state index is 0.0535. The Hall–Kier alpha value is -7.02. The fraction of sp³-hybridized carbons (Fsp3) is 0.631. The van der Waals surface area contributed by atoms with E-state index in [1.54, 1.807) is 35.2 Å². The van der Waals surface area contributed by atoms with Crippen LogP contribution in [0.15, 0.2) is 48.5 Å². The molecule has 0 aliphatic carbocycles. The molecule has 9 atom stereocenters. The topological polar surface area (TPSA) is 403 Å². The summed E-state index contributed by atoms with van der Waals surface area (Å²) in [5.74, 6) is -10.2. The number of thioether (sulfide) groups is 2. The highest BCUT2D eigenvalue weighted by Crippen LogP contribution is 2.31. The molecular weight excluding hydrogens is 1250 g/mol. The Morgan fingerprint density at radius 3 is 2.02 bits per heavy atom. The van der Waals surface area contributed by atoms with Crippen LogP contribution in [0.4, 0.5) is 0 Å². The number of nitrogens with zero attached hydrogens (tertiary/aromatic N) is 4. The summed E-state index contributed by atoms with van der Waals surface area (Å²) in [7, 11) is 0. The first-order valence-electron chi connectivity index (χ1n) is 32.6. The number of rotatable bonds is 26. The number of aliphatic hydroxyl groups excluding tert-OH is 1. The number of fused-ring (bicyclic) bond motifs is 4. The highest BCUT2D eigenvalue weighted by Gasteiger charge is 2.45. The molecule has 3 saturated heterocycles. The second-order valence-electron chi connectivity index (χ2n) is 24.5. The third-order valence-electron chi connectivity index (χ3n) is 17.0. The van der Waals surface area contributed by atoms with E-state index >= 15 is 0 Å². The van der Waals surface area contributed by atoms with Crippen LogP contribution in [0.2, 0.25) is 0 Å². The maximum atomic E-state index is 15.0. The van der Waals surface area contributed by atoms with Gasteiger partial charge in [0, 0.05) is 101 Å². The minimum Gasteiger partial charge on any atom is -0.481 e. The van der Waals surface area contributed by atoms with E-state index in [1.165, 1.54) is 40.2 Å². The Bertz CT molecular complexity index is 2940. The molecule has 0 radical (unpaired) electrons. The van der Waals surface area contributed by atoms with E-state index < -0.39 is 133 Å². The summed E-state index contributed by atoms with van der Waals surface area (Å²) in [5, 5.41) is 30.9. The smallest absolute Gasteiger partial charge is 0.305 e. The number of amides is 9. The summed E-state index contributed by atoms with van der Waals surface area (Å²) in [5.41, 5.74) is 19.8. The van der Waals surface area contributed by atoms with Crippen LogP contribution < -0.4 is 38.5 Å². The fourth-order valence-electron chi connectivity index (χ4n) is 12.0. The largest absolute Gasteiger partial charge is 0.481 e. The number of unbranched alkanes of at least 4 members (excludes halogenated alkanes) is 2. The number of hydrogen-bond donors (Lipinski definition) is 9. The summed E-state index contributed by atoms with van der Waals surface area (Å²) < 4.78 is 10.9. The summed E-state index contributed by atoms with van der Waals surface area (Å²) in [6, 6.07) is 6.10. The summed E-state index contributed by atoms with van der Waals surface area (Å²) in [6.07, 6.45) is -0.0507. The minimum atomic E-state index is -1.72. The third kappa shape index (κ3) is 24.3. The van der Waals surface area contributed by atoms with Crippen molar-refractivity contribution in [1.82, 2.24) is 40.9 Å². The SMILES string of the molecule is CCCCCC(=O)C[C@H]1CSCc2cc(cc(CN3CCN(C(=O)COCCOCCN)CC3)c2)CSC[C@@H](C(=O)N[C@@H](CC(=O)O)C(N)=O)CC(=O)[C@H](Cc2ccccc2)NC(=O)[C@H](CCC(N)=O)NC(=O)[C@H]([C@@H](C)O)NC(=O)[C@@H]2CCCN2C(=O)[C@@H]2CCCN2C1=O. The number of nitrogens with one attached hydrogen (secondary N) is 4. The lowest BCUT2D eigenvalue weighted by Gasteiger charge is -2.35. The number of Topliss-reactive ketones (excluding diaryl/α,β-unsaturated/α-hetero) is 2. The average Bonchev–Trinajstić information content (AvgIpc) is 1.63. The summed E-state index contributed by atoms with van der Waals surface area (Å²) in [6.45, 7) is 7.36. The predicted molar refractivity (Wildman–Crippen MR) is 351 cm³/mol. The number of aliphatic carboxylic acids is 1. The molecule has 27 nitrogen and oxygen atoms in total. The molecule has 4 aliphatic rings. The van der Waals surface area contributed by atoms with Crippen LogP contribution in [0.1, 0.15) is 120 Å². The molecule has 518 valence electrons. The van der Waals surface area contributed by atoms with Gasteiger partial charge in [-0.2, -0.15) is 23.5 Å². The molecule has 0 saturated carbocycles. The Morgan fingerprint density at radius 2 is 1.38 bits per heavy atom. The van der Waals surface area contributed by atoms with E-state index in [-0.39, 0.29) is 86.8 Å². The molecule has 2 bridgehead atoms. The molecule has 9 amide bonds. The third-order valence-corrected chi connectivity index (χ3v) is 19.4. The molecular formula is C65H95N11O16S2. The van der Waals surface area contributed by atoms with Gasteiger partial charge in [0.25, 0.3) is 0 Å². The van der Waals surface area contributed by atoms with Gasteiger partial charge in [-0.25, -0.2) is 0 Å². The van der Waals surface area contributed by atoms with Crippen molar-refractivity contribution in [2.24, 2.45) is 29.0 Å². The molecule has 3 fully saturated rings. The number of hydrogen-bond acceptors (Lipinski definition) is 19. The van der Waals surface area contributed by atoms with Gasteiger partial charge in [-0.3, -0.25) is 62.4 Å². The number of carboxylic acids is 1. The number of piperazine rings is 1. The quantitative estimate of drug-likeness (QED) is 0.0572. The van der Waals surface area contributed by atoms with Crippen LogP contribution in [0.5, 0.6) is 0 Å². The van der Waals surface area contributed by atoms with E-state index in [9.17, 15) is 67.7 Å². The van der Waals surface area contributed by atoms with Gasteiger partial charge in [0.15, 0.2) is 5.78 Å². The standard InChI is InChI=1S/C65H95N11O16S2/c1-3-4-6-13-48(78)32-47-40-94-38-45-29-43(35-73-21-23-74(24-22-73)56(81)36-92-27-26-91-25-18-66)28-44(30-45)37-93-39-46(60(85)71-51(59(68)84)34-57(82)83)33-54(79)50(31-42-11-7-5-8-12-42)70-61(86)49(16-17-55(67)80)69-63(88)58(41(2)77)72-62(87)52-14-9-19-75(52)65(90)53-15-10-20-76(53)64(47)89/h5,7-8,11-12,28-30,41,46-47,49-53,58,77H,3-4,6,9-10,13-27,31-40,66H2,1-2H3,(H2,67,80)(H2,68,84)(H,69,88)(H,70,86)(H,71,85)(H,72,87)(H,82,83)/t41-,46+,47+,49+,50+,51+,52+,53+,58+/m1/s1. The van der Waals surface area contributed by atoms with Gasteiger partial charge in [0.2, 0.25) is 53.2 Å². The van der Waals surface area contributed by atoms with Crippen LogP contribution in [0.25, 0.3) is 0 Å². The number of aliphatic hydroxyl groups is 1. The van der Waals surface area contributed by atoms with Crippen molar-refractivity contribution >= 4 is 94.2 Å². The van der Waals surface area contributed by atoms with Crippen molar-refractivity contribution in [3.63, 3.8) is 0 Å². The van der Waals surface area contributed by atoms with Gasteiger partial charge in [-0.1, -0.05) is 68.3 Å². The van der Waals surface area contributed by atoms with Gasteiger partial charge in [-0.05, 0) is 74.1 Å². The highest BCUT2D eigenvalue weighted by molar-refractivity contribution is 7.98. The number of carbonyl (C=O) groups excluding carboxylic acids is 11. The lowest BCUT2D eigenvalue weighted by Crippen LogP contribution is -2.61. The molecule has 6 rings (SSSR count). The maximum Gasteiger partial charge on any atom is 0.305 e. The van der Waals surface area contributed by atoms with Crippen molar-refractivity contribution in [2.75, 3.05) is 83.7 Å². The second kappa shape index (κ2) is 39.1. The zero-order valence-corrected chi connectivity index (χ0v) is 55.6. The monoisotopic (exact) mass is 1350 g/mol. The van der Waals surface area contributed by atoms with Crippen LogP contribution in [-0.2, 0) is 91.5 Å². The highest BCUT2D eigenvalue weighted by atomic mass is 32.2. The number of carboxylic acid groups (broad SMARTS) is 1. The first-order valence-corrected chi connectivity index (χ1v) is 34.9. The van der Waals surface area contributed by atoms with Gasteiger partial charge in [0.1, 0.15) is 42.6 Å². The van der Waals surface area contributed by atoms with Crippen molar-refractivity contribution in [2.45, 2.75) is 164 Å². The Labute approximate surface area is 557 Å². The maximum absolute atomic E-state index is 15.0. The number of primary amides is 2.